The van der Waals surface area contributed by atoms with E-state index in [-0.39, 0.29) is 17.2 Å². The van der Waals surface area contributed by atoms with Crippen molar-refractivity contribution in [3.63, 3.8) is 0 Å². The summed E-state index contributed by atoms with van der Waals surface area (Å²) in [5.41, 5.74) is 0.214. The molecule has 0 saturated heterocycles. The molecule has 5 heteroatoms. The van der Waals surface area contributed by atoms with Gasteiger partial charge in [-0.1, -0.05) is 0 Å². The number of hydrogen-bond acceptors (Lipinski definition) is 4. The van der Waals surface area contributed by atoms with Crippen LogP contribution in [0.25, 0.3) is 0 Å². The second kappa shape index (κ2) is 7.55. The maximum atomic E-state index is 11.8. The number of carbonyl (C=O) groups excluding carboxylic acids is 1. The fourth-order valence-electron chi connectivity index (χ4n) is 1.44. The van der Waals surface area contributed by atoms with Crippen LogP contribution < -0.4 is 10.1 Å². The predicted octanol–water partition coefficient (Wildman–Crippen LogP) is 1.56. The topological polar surface area (TPSA) is 67.8 Å². The molecule has 0 aliphatic carbocycles. The summed E-state index contributed by atoms with van der Waals surface area (Å²) >= 11 is 0. The molecule has 18 heavy (non-hydrogen) atoms. The SMILES string of the molecule is CCOCCCNC(=O)c1cc(OC)ccc1O. The van der Waals surface area contributed by atoms with E-state index in [4.69, 9.17) is 9.47 Å². The number of ether oxygens (including phenoxy) is 2. The van der Waals surface area contributed by atoms with Gasteiger partial charge in [0.25, 0.3) is 5.91 Å². The lowest BCUT2D eigenvalue weighted by atomic mass is 10.1. The van der Waals surface area contributed by atoms with Gasteiger partial charge in [-0.05, 0) is 31.5 Å². The summed E-state index contributed by atoms with van der Waals surface area (Å²) in [6.45, 7) is 3.72. The van der Waals surface area contributed by atoms with Gasteiger partial charge in [0, 0.05) is 19.8 Å². The van der Waals surface area contributed by atoms with Crippen molar-refractivity contribution in [2.24, 2.45) is 0 Å². The second-order valence-corrected chi connectivity index (χ2v) is 3.69. The molecular weight excluding hydrogens is 234 g/mol. The standard InChI is InChI=1S/C13H19NO4/c1-3-18-8-4-7-14-13(16)11-9-10(17-2)5-6-12(11)15/h5-6,9,15H,3-4,7-8H2,1-2H3,(H,14,16). The van der Waals surface area contributed by atoms with Crippen LogP contribution in [-0.4, -0.2) is 37.9 Å². The Labute approximate surface area is 107 Å². The molecule has 0 aliphatic rings. The van der Waals surface area contributed by atoms with E-state index in [1.54, 1.807) is 6.07 Å². The average Bonchev–Trinajstić information content (AvgIpc) is 2.39. The van der Waals surface area contributed by atoms with Crippen molar-refractivity contribution in [2.75, 3.05) is 26.9 Å². The third kappa shape index (κ3) is 4.25. The van der Waals surface area contributed by atoms with Gasteiger partial charge in [0.1, 0.15) is 11.5 Å². The summed E-state index contributed by atoms with van der Waals surface area (Å²) in [6, 6.07) is 4.54. The van der Waals surface area contributed by atoms with E-state index in [1.807, 2.05) is 6.92 Å². The summed E-state index contributed by atoms with van der Waals surface area (Å²) in [7, 11) is 1.51. The van der Waals surface area contributed by atoms with E-state index < -0.39 is 0 Å². The van der Waals surface area contributed by atoms with Crippen molar-refractivity contribution in [3.05, 3.63) is 23.8 Å². The molecule has 100 valence electrons. The fraction of sp³-hybridized carbons (Fsp3) is 0.462. The van der Waals surface area contributed by atoms with E-state index in [1.165, 1.54) is 19.2 Å². The molecule has 0 aromatic heterocycles. The van der Waals surface area contributed by atoms with Crippen LogP contribution in [0.2, 0.25) is 0 Å². The van der Waals surface area contributed by atoms with Gasteiger partial charge in [-0.3, -0.25) is 4.79 Å². The number of hydrogen-bond donors (Lipinski definition) is 2. The Morgan fingerprint density at radius 2 is 2.22 bits per heavy atom. The van der Waals surface area contributed by atoms with Crippen LogP contribution >= 0.6 is 0 Å². The van der Waals surface area contributed by atoms with Crippen molar-refractivity contribution in [2.45, 2.75) is 13.3 Å². The lowest BCUT2D eigenvalue weighted by Crippen LogP contribution is -2.25. The van der Waals surface area contributed by atoms with Gasteiger partial charge in [-0.2, -0.15) is 0 Å². The predicted molar refractivity (Wildman–Crippen MR) is 68.1 cm³/mol. The summed E-state index contributed by atoms with van der Waals surface area (Å²) in [6.07, 6.45) is 0.740. The molecule has 0 saturated carbocycles. The van der Waals surface area contributed by atoms with Crippen molar-refractivity contribution in [1.82, 2.24) is 5.32 Å². The number of amides is 1. The summed E-state index contributed by atoms with van der Waals surface area (Å²) in [5, 5.41) is 12.3. The average molecular weight is 253 g/mol. The first-order valence-electron chi connectivity index (χ1n) is 5.92. The van der Waals surface area contributed by atoms with Crippen LogP contribution in [-0.2, 0) is 4.74 Å². The monoisotopic (exact) mass is 253 g/mol. The molecule has 0 fully saturated rings. The Kier molecular flexibility index (Phi) is 6.00. The van der Waals surface area contributed by atoms with Gasteiger partial charge in [0.2, 0.25) is 0 Å². The van der Waals surface area contributed by atoms with Gasteiger partial charge in [0.05, 0.1) is 12.7 Å². The molecule has 0 atom stereocenters. The lowest BCUT2D eigenvalue weighted by Gasteiger charge is -2.08. The first kappa shape index (κ1) is 14.3. The molecule has 1 aromatic carbocycles. The number of carbonyl (C=O) groups is 1. The van der Waals surface area contributed by atoms with Gasteiger partial charge in [0.15, 0.2) is 0 Å². The van der Waals surface area contributed by atoms with Gasteiger partial charge in [-0.25, -0.2) is 0 Å². The van der Waals surface area contributed by atoms with Crippen LogP contribution in [0.1, 0.15) is 23.7 Å². The molecule has 0 unspecified atom stereocenters. The molecule has 0 spiro atoms. The molecule has 0 heterocycles. The number of phenols is 1. The highest BCUT2D eigenvalue weighted by Crippen LogP contribution is 2.22. The maximum absolute atomic E-state index is 11.8. The van der Waals surface area contributed by atoms with E-state index in [9.17, 15) is 9.90 Å². The zero-order valence-electron chi connectivity index (χ0n) is 10.7. The Morgan fingerprint density at radius 1 is 1.44 bits per heavy atom. The highest BCUT2D eigenvalue weighted by molar-refractivity contribution is 5.97. The molecule has 0 radical (unpaired) electrons. The number of nitrogens with one attached hydrogen (secondary N) is 1. The fourth-order valence-corrected chi connectivity index (χ4v) is 1.44. The zero-order chi connectivity index (χ0) is 13.4. The van der Waals surface area contributed by atoms with Crippen molar-refractivity contribution < 1.29 is 19.4 Å². The third-order valence-corrected chi connectivity index (χ3v) is 2.40. The van der Waals surface area contributed by atoms with Crippen molar-refractivity contribution in [1.29, 1.82) is 0 Å². The third-order valence-electron chi connectivity index (χ3n) is 2.40. The van der Waals surface area contributed by atoms with E-state index in [0.29, 0.717) is 25.5 Å². The number of benzene rings is 1. The smallest absolute Gasteiger partial charge is 0.255 e. The molecule has 2 N–H and O–H groups in total. The summed E-state index contributed by atoms with van der Waals surface area (Å²) in [5.74, 6) is 0.160. The lowest BCUT2D eigenvalue weighted by molar-refractivity contribution is 0.0941. The molecule has 5 nitrogen and oxygen atoms in total. The largest absolute Gasteiger partial charge is 0.507 e. The Morgan fingerprint density at radius 3 is 2.89 bits per heavy atom. The molecule has 0 bridgehead atoms. The molecule has 1 rings (SSSR count). The molecule has 0 aliphatic heterocycles. The van der Waals surface area contributed by atoms with Gasteiger partial charge < -0.3 is 19.9 Å². The molecule has 1 aromatic rings. The van der Waals surface area contributed by atoms with Gasteiger partial charge in [-0.15, -0.1) is 0 Å². The minimum atomic E-state index is -0.317. The first-order chi connectivity index (χ1) is 8.69. The van der Waals surface area contributed by atoms with Crippen LogP contribution in [0.3, 0.4) is 0 Å². The van der Waals surface area contributed by atoms with Crippen LogP contribution in [0.4, 0.5) is 0 Å². The first-order valence-corrected chi connectivity index (χ1v) is 5.92. The Hall–Kier alpha value is -1.75. The Balaban J connectivity index is 2.50. The normalized spacial score (nSPS) is 10.1. The summed E-state index contributed by atoms with van der Waals surface area (Å²) < 4.78 is 10.2. The quantitative estimate of drug-likeness (QED) is 0.724. The highest BCUT2D eigenvalue weighted by Gasteiger charge is 2.11. The minimum Gasteiger partial charge on any atom is -0.507 e. The van der Waals surface area contributed by atoms with Crippen LogP contribution in [0, 0.1) is 0 Å². The maximum Gasteiger partial charge on any atom is 0.255 e. The Bertz CT molecular complexity index is 393. The molecule has 1 amide bonds. The number of aromatic hydroxyl groups is 1. The van der Waals surface area contributed by atoms with E-state index in [0.717, 1.165) is 6.42 Å². The number of phenolic OH excluding ortho intramolecular Hbond substituents is 1. The molecular formula is C13H19NO4. The van der Waals surface area contributed by atoms with E-state index >= 15 is 0 Å². The van der Waals surface area contributed by atoms with E-state index in [2.05, 4.69) is 5.32 Å². The van der Waals surface area contributed by atoms with Crippen LogP contribution in [0.5, 0.6) is 11.5 Å². The highest BCUT2D eigenvalue weighted by atomic mass is 16.5. The number of methoxy groups -OCH3 is 1. The van der Waals surface area contributed by atoms with Crippen molar-refractivity contribution in [3.8, 4) is 11.5 Å². The minimum absolute atomic E-state index is 0.0573. The van der Waals surface area contributed by atoms with Gasteiger partial charge >= 0.3 is 0 Å². The van der Waals surface area contributed by atoms with Crippen molar-refractivity contribution >= 4 is 5.91 Å². The summed E-state index contributed by atoms with van der Waals surface area (Å²) in [4.78, 5) is 11.8. The second-order valence-electron chi connectivity index (χ2n) is 3.69. The zero-order valence-corrected chi connectivity index (χ0v) is 10.7. The van der Waals surface area contributed by atoms with Crippen LogP contribution in [0.15, 0.2) is 18.2 Å². The number of rotatable bonds is 7.